The van der Waals surface area contributed by atoms with Gasteiger partial charge in [-0.3, -0.25) is 48.5 Å². The maximum Gasteiger partial charge on any atom is 0.320 e. The minimum Gasteiger partial charge on any atom is -0.493 e. The van der Waals surface area contributed by atoms with Gasteiger partial charge in [-0.1, -0.05) is 86.0 Å². The van der Waals surface area contributed by atoms with Gasteiger partial charge in [0.05, 0.1) is 32.8 Å². The predicted molar refractivity (Wildman–Crippen MR) is 258 cm³/mol. The van der Waals surface area contributed by atoms with Crippen LogP contribution in [0.2, 0.25) is 0 Å². The van der Waals surface area contributed by atoms with Crippen LogP contribution >= 0.6 is 0 Å². The summed E-state index contributed by atoms with van der Waals surface area (Å²) in [6.07, 6.45) is 10.0. The number of nitrogens with one attached hydrogen (secondary N) is 1. The lowest BCUT2D eigenvalue weighted by atomic mass is 9.95. The number of rotatable bonds is 22. The van der Waals surface area contributed by atoms with E-state index in [1.807, 2.05) is 23.1 Å². The van der Waals surface area contributed by atoms with E-state index in [1.54, 1.807) is 14.7 Å². The molecule has 364 valence electrons. The maximum atomic E-state index is 13.2. The molecule has 0 radical (unpaired) electrons. The molecule has 16 heteroatoms. The fraction of sp³-hybridized carbons (Fsp3) is 0.510. The first-order valence-electron chi connectivity index (χ1n) is 23.6. The van der Waals surface area contributed by atoms with Crippen molar-refractivity contribution < 1.29 is 49.1 Å². The van der Waals surface area contributed by atoms with Gasteiger partial charge in [0.1, 0.15) is 11.8 Å². The Morgan fingerprint density at radius 2 is 1.21 bits per heavy atom. The number of aryl methyl sites for hydroxylation is 1. The number of carboxylic acids is 4. The maximum absolute atomic E-state index is 13.2. The molecule has 0 aromatic heterocycles. The summed E-state index contributed by atoms with van der Waals surface area (Å²) in [5.74, 6) is -3.23. The number of carboxylic acid groups (broad SMARTS) is 4. The van der Waals surface area contributed by atoms with Gasteiger partial charge in [-0.15, -0.1) is 0 Å². The van der Waals surface area contributed by atoms with Crippen molar-refractivity contribution in [2.24, 2.45) is 0 Å². The largest absolute Gasteiger partial charge is 0.493 e. The van der Waals surface area contributed by atoms with Gasteiger partial charge in [0.2, 0.25) is 5.91 Å². The quantitative estimate of drug-likeness (QED) is 0.0657. The molecule has 2 saturated heterocycles. The zero-order chi connectivity index (χ0) is 48.1. The summed E-state index contributed by atoms with van der Waals surface area (Å²) in [6.45, 7) is 8.44. The number of carbonyl (C=O) groups excluding carboxylic acids is 1. The molecule has 2 aliphatic heterocycles. The first-order chi connectivity index (χ1) is 32.2. The van der Waals surface area contributed by atoms with Crippen molar-refractivity contribution in [2.45, 2.75) is 71.4 Å². The number of nitrogens with zero attached hydrogens (tertiary/aromatic N) is 5. The number of ether oxygens (including phenoxy) is 1. The first-order valence-corrected chi connectivity index (χ1v) is 23.6. The summed E-state index contributed by atoms with van der Waals surface area (Å²) in [5.41, 5.74) is 7.75. The van der Waals surface area contributed by atoms with E-state index in [4.69, 9.17) is 4.74 Å². The molecule has 2 heterocycles. The minimum atomic E-state index is -1.02. The van der Waals surface area contributed by atoms with Crippen molar-refractivity contribution >= 4 is 41.9 Å². The molecule has 3 aromatic rings. The molecule has 5 N–H and O–H groups in total. The standard InChI is InChI=1S/C51H70N6O10/c1-38-31-43(33-57-21-10-8-17-45(57)51(65)66)46(32-42(38)19-18-40-15-12-16-44(39(40)2)41-13-6-5-7-14-41)67-30-11-4-3-9-20-52-47(58)34-53-22-24-54(35-48(59)60)26-28-56(37-50(63)64)29-27-55(25-23-53)36-49(61)62/h5-7,12-16,18-19,31-32,45H,3-4,8-11,17,20-30,33-37H2,1-2H3,(H,52,58)(H,59,60)(H,61,62)(H,63,64)(H,65,66)/b19-18+/t45-/m0/s1. The van der Waals surface area contributed by atoms with Gasteiger partial charge in [0, 0.05) is 71.0 Å². The summed E-state index contributed by atoms with van der Waals surface area (Å²) in [7, 11) is 0. The van der Waals surface area contributed by atoms with Crippen LogP contribution in [0, 0.1) is 13.8 Å². The highest BCUT2D eigenvalue weighted by Gasteiger charge is 2.29. The van der Waals surface area contributed by atoms with E-state index >= 15 is 0 Å². The molecule has 0 saturated carbocycles. The van der Waals surface area contributed by atoms with Gasteiger partial charge in [0.15, 0.2) is 0 Å². The second kappa shape index (κ2) is 27.2. The number of amides is 1. The number of unbranched alkanes of at least 4 members (excludes halogenated alkanes) is 3. The topological polar surface area (TPSA) is 204 Å². The van der Waals surface area contributed by atoms with Crippen molar-refractivity contribution in [2.75, 3.05) is 98.2 Å². The van der Waals surface area contributed by atoms with Crippen LogP contribution in [-0.4, -0.2) is 179 Å². The summed E-state index contributed by atoms with van der Waals surface area (Å²) in [6, 6.07) is 20.4. The molecule has 3 aromatic carbocycles. The molecule has 0 spiro atoms. The average Bonchev–Trinajstić information content (AvgIpc) is 3.28. The van der Waals surface area contributed by atoms with Crippen molar-refractivity contribution in [1.29, 1.82) is 0 Å². The molecule has 5 rings (SSSR count). The lowest BCUT2D eigenvalue weighted by Crippen LogP contribution is -2.49. The predicted octanol–water partition coefficient (Wildman–Crippen LogP) is 5.11. The smallest absolute Gasteiger partial charge is 0.320 e. The van der Waals surface area contributed by atoms with E-state index in [2.05, 4.69) is 78.7 Å². The fourth-order valence-electron chi connectivity index (χ4n) is 8.86. The number of piperidine rings is 1. The minimum absolute atomic E-state index is 0.0706. The molecule has 0 bridgehead atoms. The van der Waals surface area contributed by atoms with Crippen LogP contribution in [-0.2, 0) is 30.5 Å². The van der Waals surface area contributed by atoms with E-state index in [0.29, 0.717) is 78.5 Å². The normalized spacial score (nSPS) is 17.7. The van der Waals surface area contributed by atoms with Gasteiger partial charge in [0.25, 0.3) is 0 Å². The zero-order valence-corrected chi connectivity index (χ0v) is 39.2. The van der Waals surface area contributed by atoms with Crippen LogP contribution in [0.3, 0.4) is 0 Å². The Balaban J connectivity index is 1.15. The Hall–Kier alpha value is -5.65. The highest BCUT2D eigenvalue weighted by molar-refractivity contribution is 5.79. The molecule has 2 aliphatic rings. The number of aliphatic carboxylic acids is 4. The van der Waals surface area contributed by atoms with Crippen LogP contribution in [0.1, 0.15) is 72.8 Å². The summed E-state index contributed by atoms with van der Waals surface area (Å²) in [5, 5.41) is 41.4. The molecule has 16 nitrogen and oxygen atoms in total. The number of likely N-dealkylation sites (tertiary alicyclic amines) is 1. The molecule has 1 atom stereocenters. The molecule has 0 unspecified atom stereocenters. The number of benzene rings is 3. The molecule has 2 fully saturated rings. The number of hydrogen-bond acceptors (Lipinski definition) is 11. The SMILES string of the molecule is Cc1cc(CN2CCCC[C@H]2C(=O)O)c(OCCCCCCNC(=O)CN2CCN(CC(=O)O)CCN(CC(=O)O)CCN(CC(=O)O)CC2)cc1/C=C/c1cccc(-c2ccccc2)c1C. The van der Waals surface area contributed by atoms with Crippen molar-refractivity contribution in [3.63, 3.8) is 0 Å². The summed E-state index contributed by atoms with van der Waals surface area (Å²) in [4.78, 5) is 69.2. The Morgan fingerprint density at radius 3 is 1.79 bits per heavy atom. The Kier molecular flexibility index (Phi) is 21.3. The molecule has 1 amide bonds. The fourth-order valence-corrected chi connectivity index (χ4v) is 8.86. The van der Waals surface area contributed by atoms with Gasteiger partial charge in [-0.25, -0.2) is 0 Å². The third-order valence-corrected chi connectivity index (χ3v) is 12.6. The highest BCUT2D eigenvalue weighted by Crippen LogP contribution is 2.31. The van der Waals surface area contributed by atoms with Crippen LogP contribution in [0.4, 0.5) is 0 Å². The van der Waals surface area contributed by atoms with E-state index in [-0.39, 0.29) is 32.1 Å². The van der Waals surface area contributed by atoms with Crippen molar-refractivity contribution in [1.82, 2.24) is 29.8 Å². The van der Waals surface area contributed by atoms with E-state index in [9.17, 15) is 44.4 Å². The van der Waals surface area contributed by atoms with Crippen LogP contribution in [0.25, 0.3) is 23.3 Å². The van der Waals surface area contributed by atoms with Crippen LogP contribution in [0.5, 0.6) is 5.75 Å². The number of carbonyl (C=O) groups is 5. The zero-order valence-electron chi connectivity index (χ0n) is 39.2. The van der Waals surface area contributed by atoms with Gasteiger partial charge in [-0.2, -0.15) is 0 Å². The Labute approximate surface area is 394 Å². The summed E-state index contributed by atoms with van der Waals surface area (Å²) < 4.78 is 6.50. The average molecular weight is 927 g/mol. The van der Waals surface area contributed by atoms with Crippen LogP contribution in [0.15, 0.2) is 60.7 Å². The van der Waals surface area contributed by atoms with Gasteiger partial charge >= 0.3 is 23.9 Å². The van der Waals surface area contributed by atoms with Gasteiger partial charge < -0.3 is 30.5 Å². The molecular weight excluding hydrogens is 857 g/mol. The summed E-state index contributed by atoms with van der Waals surface area (Å²) >= 11 is 0. The van der Waals surface area contributed by atoms with Crippen LogP contribution < -0.4 is 10.1 Å². The monoisotopic (exact) mass is 927 g/mol. The molecule has 67 heavy (non-hydrogen) atoms. The number of hydrogen-bond donors (Lipinski definition) is 5. The van der Waals surface area contributed by atoms with E-state index in [0.717, 1.165) is 73.1 Å². The van der Waals surface area contributed by atoms with Crippen molar-refractivity contribution in [3.05, 3.63) is 88.5 Å². The lowest BCUT2D eigenvalue weighted by molar-refractivity contribution is -0.145. The van der Waals surface area contributed by atoms with Gasteiger partial charge in [-0.05, 0) is 85.5 Å². The second-order valence-corrected chi connectivity index (χ2v) is 17.8. The lowest BCUT2D eigenvalue weighted by Gasteiger charge is -2.33. The van der Waals surface area contributed by atoms with E-state index in [1.165, 1.54) is 16.7 Å². The second-order valence-electron chi connectivity index (χ2n) is 17.8. The van der Waals surface area contributed by atoms with Crippen molar-refractivity contribution in [3.8, 4) is 16.9 Å². The third-order valence-electron chi connectivity index (χ3n) is 12.6. The van der Waals surface area contributed by atoms with E-state index < -0.39 is 29.9 Å². The Bertz CT molecular complexity index is 2100. The first kappa shape index (κ1) is 52.3. The molecule has 0 aliphatic carbocycles. The third kappa shape index (κ3) is 17.8. The highest BCUT2D eigenvalue weighted by atomic mass is 16.5. The molecular formula is C51H70N6O10. The Morgan fingerprint density at radius 1 is 0.642 bits per heavy atom.